The molecule has 0 aliphatic heterocycles. The summed E-state index contributed by atoms with van der Waals surface area (Å²) in [5.74, 6) is 5.44. The fourth-order valence-corrected chi connectivity index (χ4v) is 1.80. The molecule has 0 amide bonds. The molecule has 0 saturated heterocycles. The Bertz CT molecular complexity index is 114. The summed E-state index contributed by atoms with van der Waals surface area (Å²) in [6, 6.07) is 0. The van der Waals surface area contributed by atoms with Crippen LogP contribution in [0.3, 0.4) is 0 Å². The summed E-state index contributed by atoms with van der Waals surface area (Å²) in [5, 5.41) is 1.10. The van der Waals surface area contributed by atoms with E-state index in [2.05, 4.69) is 0 Å². The topological polar surface area (TPSA) is 99.8 Å². The van der Waals surface area contributed by atoms with Crippen LogP contribution in [0.25, 0.3) is 0 Å². The molecule has 11 heavy (non-hydrogen) atoms. The van der Waals surface area contributed by atoms with Gasteiger partial charge in [-0.05, 0) is 0 Å². The number of hydrogen-bond donors (Lipinski definition) is 3. The van der Waals surface area contributed by atoms with Crippen molar-refractivity contribution in [2.45, 2.75) is 19.6 Å². The molecule has 0 rings (SSSR count). The van der Waals surface area contributed by atoms with Crippen molar-refractivity contribution in [3.63, 3.8) is 0 Å². The molecule has 6 nitrogen and oxygen atoms in total. The van der Waals surface area contributed by atoms with Gasteiger partial charge in [-0.15, -0.1) is 0 Å². The van der Waals surface area contributed by atoms with E-state index in [-0.39, 0.29) is 0 Å². The van der Waals surface area contributed by atoms with Crippen molar-refractivity contribution in [1.29, 1.82) is 0 Å². The Balaban J connectivity index is 3.83. The van der Waals surface area contributed by atoms with Crippen LogP contribution < -0.4 is 57.5 Å². The first-order valence-corrected chi connectivity index (χ1v) is 6.87. The minimum atomic E-state index is -0.818. The molecule has 0 heterocycles. The first-order chi connectivity index (χ1) is 5.04. The van der Waals surface area contributed by atoms with Gasteiger partial charge in [-0.3, -0.25) is 0 Å². The third-order valence-corrected chi connectivity index (χ3v) is 2.86. The van der Waals surface area contributed by atoms with Crippen LogP contribution in [0.1, 0.15) is 13.8 Å². The van der Waals surface area contributed by atoms with Gasteiger partial charge in [-0.25, -0.2) is 0 Å². The van der Waals surface area contributed by atoms with Crippen LogP contribution in [0.4, 0.5) is 0 Å². The average molecular weight is 390 g/mol. The van der Waals surface area contributed by atoms with Crippen molar-refractivity contribution in [1.82, 2.24) is 5.17 Å². The second kappa shape index (κ2) is 5.80. The Labute approximate surface area is 88.0 Å². The number of halogens is 2. The number of rotatable bonds is 5. The average Bonchev–Trinajstić information content (AvgIpc) is 1.88. The number of nitrogens with zero attached hydrogens (tertiary/aromatic N) is 1. The second-order valence-corrected chi connectivity index (χ2v) is 3.95. The van der Waals surface area contributed by atoms with Crippen LogP contribution >= 0.6 is 0 Å². The number of nitrogens with two attached hydrogens (primary N) is 3. The van der Waals surface area contributed by atoms with Crippen molar-refractivity contribution in [2.24, 2.45) is 13.7 Å². The molecule has 0 bridgehead atoms. The van der Waals surface area contributed by atoms with E-state index in [0.717, 1.165) is 5.17 Å². The predicted molar refractivity (Wildman–Crippen MR) is 30.7 cm³/mol. The normalized spacial score (nSPS) is 13.3. The number of hydrazine groups is 1. The summed E-state index contributed by atoms with van der Waals surface area (Å²) in [7, 11) is 0. The van der Waals surface area contributed by atoms with E-state index in [9.17, 15) is 0 Å². The van der Waals surface area contributed by atoms with Crippen molar-refractivity contribution < 1.29 is 50.0 Å². The Morgan fingerprint density at radius 1 is 1.27 bits per heavy atom. The van der Waals surface area contributed by atoms with E-state index in [1.165, 1.54) is 0 Å². The predicted octanol–water partition coefficient (Wildman–Crippen LogP) is -7.40. The molecule has 0 radical (unpaired) electrons. The summed E-state index contributed by atoms with van der Waals surface area (Å²) in [6.45, 7) is 3.53. The first kappa shape index (κ1) is 12.2. The molecular formula is C3H12I2N4O2-2. The van der Waals surface area contributed by atoms with E-state index in [0.29, 0.717) is 0 Å². The van der Waals surface area contributed by atoms with Gasteiger partial charge >= 0.3 is 88.5 Å². The van der Waals surface area contributed by atoms with E-state index in [4.69, 9.17) is 20.0 Å². The van der Waals surface area contributed by atoms with Gasteiger partial charge in [0.2, 0.25) is 0 Å². The number of hydroxylamine groups is 1. The summed E-state index contributed by atoms with van der Waals surface area (Å²) in [6.07, 6.45) is 0. The Kier molecular flexibility index (Phi) is 6.44. The molecule has 8 heteroatoms. The fraction of sp³-hybridized carbons (Fsp3) is 1.00. The van der Waals surface area contributed by atoms with Gasteiger partial charge in [0.25, 0.3) is 0 Å². The van der Waals surface area contributed by atoms with Crippen LogP contribution in [-0.4, -0.2) is 10.9 Å². The van der Waals surface area contributed by atoms with Crippen molar-refractivity contribution >= 4 is 0 Å². The van der Waals surface area contributed by atoms with Crippen LogP contribution in [0.15, 0.2) is 0 Å². The summed E-state index contributed by atoms with van der Waals surface area (Å²) in [4.78, 5) is 0. The summed E-state index contributed by atoms with van der Waals surface area (Å²) in [5.41, 5.74) is -0.679. The van der Waals surface area contributed by atoms with E-state index in [1.54, 1.807) is 13.8 Å². The SMILES string of the molecule is CC(C)(O[I-]N)N(N)O[I-]N. The van der Waals surface area contributed by atoms with E-state index < -0.39 is 49.5 Å². The Morgan fingerprint density at radius 3 is 2.18 bits per heavy atom. The molecule has 72 valence electrons. The van der Waals surface area contributed by atoms with Crippen LogP contribution in [0.5, 0.6) is 0 Å². The molecule has 0 aliphatic rings. The Morgan fingerprint density at radius 2 is 1.82 bits per heavy atom. The molecule has 0 saturated carbocycles. The van der Waals surface area contributed by atoms with Gasteiger partial charge in [0.1, 0.15) is 0 Å². The van der Waals surface area contributed by atoms with E-state index >= 15 is 0 Å². The van der Waals surface area contributed by atoms with Gasteiger partial charge < -0.3 is 0 Å². The van der Waals surface area contributed by atoms with Crippen LogP contribution in [0.2, 0.25) is 0 Å². The maximum absolute atomic E-state index is 5.44. The van der Waals surface area contributed by atoms with Gasteiger partial charge in [0.05, 0.1) is 0 Å². The molecule has 0 aliphatic carbocycles. The molecule has 6 N–H and O–H groups in total. The molecule has 0 unspecified atom stereocenters. The molecule has 0 atom stereocenters. The maximum atomic E-state index is 5.44. The van der Waals surface area contributed by atoms with Crippen molar-refractivity contribution in [3.8, 4) is 0 Å². The zero-order valence-electron chi connectivity index (χ0n) is 6.25. The second-order valence-electron chi connectivity index (χ2n) is 2.10. The van der Waals surface area contributed by atoms with Gasteiger partial charge in [-0.1, -0.05) is 0 Å². The fourth-order valence-electron chi connectivity index (χ4n) is 0.269. The zero-order chi connectivity index (χ0) is 8.91. The molecular weight excluding hydrogens is 378 g/mol. The van der Waals surface area contributed by atoms with Gasteiger partial charge in [0.15, 0.2) is 0 Å². The van der Waals surface area contributed by atoms with Crippen molar-refractivity contribution in [2.75, 3.05) is 0 Å². The molecule has 0 aromatic heterocycles. The number of hydrogen-bond acceptors (Lipinski definition) is 6. The van der Waals surface area contributed by atoms with Gasteiger partial charge in [0, 0.05) is 0 Å². The summed E-state index contributed by atoms with van der Waals surface area (Å²) >= 11 is -1.58. The van der Waals surface area contributed by atoms with Crippen LogP contribution in [-0.2, 0) is 6.23 Å². The third-order valence-electron chi connectivity index (χ3n) is 0.878. The molecule has 0 aromatic rings. The summed E-state index contributed by atoms with van der Waals surface area (Å²) < 4.78 is 20.6. The Hall–Kier alpha value is 1.22. The molecule has 0 fully saturated rings. The molecule has 0 spiro atoms. The quantitative estimate of drug-likeness (QED) is 0.142. The monoisotopic (exact) mass is 390 g/mol. The van der Waals surface area contributed by atoms with Gasteiger partial charge in [-0.2, -0.15) is 0 Å². The first-order valence-electron chi connectivity index (χ1n) is 2.61. The molecule has 0 aromatic carbocycles. The third kappa shape index (κ3) is 4.72. The van der Waals surface area contributed by atoms with E-state index in [1.807, 2.05) is 0 Å². The zero-order valence-corrected chi connectivity index (χ0v) is 10.6. The minimum absolute atomic E-state index is 0.679. The van der Waals surface area contributed by atoms with Crippen LogP contribution in [0, 0.1) is 0 Å². The standard InChI is InChI=1S/C3H12I2N4O2/c1-3(2,10-4-6)9(8)11-5-7/h6-8H2,1-2H3/q-2. The van der Waals surface area contributed by atoms with Crippen molar-refractivity contribution in [3.05, 3.63) is 0 Å².